The predicted molar refractivity (Wildman–Crippen MR) is 69.2 cm³/mol. The quantitative estimate of drug-likeness (QED) is 0.833. The van der Waals surface area contributed by atoms with Crippen LogP contribution in [0, 0.1) is 11.6 Å². The van der Waals surface area contributed by atoms with Crippen molar-refractivity contribution in [2.75, 3.05) is 0 Å². The number of halogens is 5. The van der Waals surface area contributed by atoms with Gasteiger partial charge >= 0.3 is 17.8 Å². The third-order valence-electron chi connectivity index (χ3n) is 3.12. The molecule has 11 heteroatoms. The Morgan fingerprint density at radius 3 is 2.17 bits per heavy atom. The summed E-state index contributed by atoms with van der Waals surface area (Å²) >= 11 is 0. The molecule has 0 saturated heterocycles. The van der Waals surface area contributed by atoms with E-state index in [-0.39, 0.29) is 21.3 Å². The van der Waals surface area contributed by atoms with Gasteiger partial charge in [0.05, 0.1) is 11.3 Å². The number of benzene rings is 1. The maximum Gasteiger partial charge on any atom is 0.431 e. The van der Waals surface area contributed by atoms with Crippen LogP contribution in [0.4, 0.5) is 22.0 Å². The average molecular weight is 350 g/mol. The summed E-state index contributed by atoms with van der Waals surface area (Å²) in [6, 6.07) is 0.510. The lowest BCUT2D eigenvalue weighted by molar-refractivity contribution is -0.144. The van der Waals surface area contributed by atoms with Gasteiger partial charge in [-0.1, -0.05) is 0 Å². The van der Waals surface area contributed by atoms with Crippen LogP contribution in [-0.4, -0.2) is 20.2 Å². The maximum absolute atomic E-state index is 13.8. The van der Waals surface area contributed by atoms with Crippen molar-refractivity contribution in [1.82, 2.24) is 9.13 Å². The first kappa shape index (κ1) is 17.4. The van der Waals surface area contributed by atoms with E-state index in [9.17, 15) is 36.3 Å². The van der Waals surface area contributed by atoms with Crippen molar-refractivity contribution in [2.45, 2.75) is 6.18 Å². The summed E-state index contributed by atoms with van der Waals surface area (Å²) in [4.78, 5) is 34.7. The van der Waals surface area contributed by atoms with Crippen LogP contribution in [0.2, 0.25) is 0 Å². The van der Waals surface area contributed by atoms with Gasteiger partial charge in [-0.3, -0.25) is 9.36 Å². The molecule has 0 amide bonds. The van der Waals surface area contributed by atoms with E-state index in [1.54, 1.807) is 0 Å². The normalized spacial score (nSPS) is 11.6. The largest absolute Gasteiger partial charge is 0.478 e. The van der Waals surface area contributed by atoms with Crippen molar-refractivity contribution >= 4 is 5.97 Å². The van der Waals surface area contributed by atoms with E-state index in [2.05, 4.69) is 0 Å². The first-order valence-corrected chi connectivity index (χ1v) is 6.08. The van der Waals surface area contributed by atoms with Gasteiger partial charge in [0.1, 0.15) is 17.3 Å². The molecule has 6 nitrogen and oxygen atoms in total. The molecular formula is C13H7F5N2O4. The Labute approximate surface area is 129 Å². The van der Waals surface area contributed by atoms with Crippen LogP contribution in [0.15, 0.2) is 27.8 Å². The first-order chi connectivity index (χ1) is 10.9. The van der Waals surface area contributed by atoms with Crippen LogP contribution < -0.4 is 11.2 Å². The topological polar surface area (TPSA) is 81.3 Å². The molecule has 0 spiro atoms. The van der Waals surface area contributed by atoms with E-state index in [0.29, 0.717) is 13.1 Å². The van der Waals surface area contributed by atoms with Gasteiger partial charge < -0.3 is 5.11 Å². The summed E-state index contributed by atoms with van der Waals surface area (Å²) in [5.41, 5.74) is -6.73. The van der Waals surface area contributed by atoms with Gasteiger partial charge in [-0.2, -0.15) is 13.2 Å². The average Bonchev–Trinajstić information content (AvgIpc) is 2.43. The minimum atomic E-state index is -5.01. The lowest BCUT2D eigenvalue weighted by Gasteiger charge is -2.14. The second-order valence-electron chi connectivity index (χ2n) is 4.63. The zero-order valence-corrected chi connectivity index (χ0v) is 11.7. The summed E-state index contributed by atoms with van der Waals surface area (Å²) < 4.78 is 65.4. The summed E-state index contributed by atoms with van der Waals surface area (Å²) in [5, 5.41) is 8.79. The number of carboxylic acids is 1. The third-order valence-corrected chi connectivity index (χ3v) is 3.12. The van der Waals surface area contributed by atoms with E-state index in [0.717, 1.165) is 0 Å². The lowest BCUT2D eigenvalue weighted by Crippen LogP contribution is -2.41. The van der Waals surface area contributed by atoms with Gasteiger partial charge in [-0.15, -0.1) is 0 Å². The zero-order valence-electron chi connectivity index (χ0n) is 11.7. The van der Waals surface area contributed by atoms with Gasteiger partial charge in [0.25, 0.3) is 5.56 Å². The summed E-state index contributed by atoms with van der Waals surface area (Å²) in [6.45, 7) is 0. The Morgan fingerprint density at radius 2 is 1.67 bits per heavy atom. The molecule has 24 heavy (non-hydrogen) atoms. The molecule has 0 aliphatic heterocycles. The molecule has 0 radical (unpaired) electrons. The molecule has 2 rings (SSSR count). The molecule has 1 heterocycles. The fraction of sp³-hybridized carbons (Fsp3) is 0.154. The highest BCUT2D eigenvalue weighted by atomic mass is 19.4. The molecule has 0 fully saturated rings. The standard InChI is InChI=1S/C13H7F5N2O4/c1-19-9(13(16,17)18)4-10(21)20(12(19)24)8-2-5(11(22)23)6(14)3-7(8)15/h2-4H,1H3,(H,22,23). The Balaban J connectivity index is 2.88. The highest BCUT2D eigenvalue weighted by Crippen LogP contribution is 2.27. The van der Waals surface area contributed by atoms with Crippen molar-refractivity contribution in [3.05, 3.63) is 61.9 Å². The summed E-state index contributed by atoms with van der Waals surface area (Å²) in [7, 11) is 0.695. The fourth-order valence-electron chi connectivity index (χ4n) is 1.99. The number of rotatable bonds is 2. The van der Waals surface area contributed by atoms with E-state index in [1.165, 1.54) is 0 Å². The SMILES string of the molecule is Cn1c(C(F)(F)F)cc(=O)n(-c2cc(C(=O)O)c(F)cc2F)c1=O. The number of carbonyl (C=O) groups is 1. The number of hydrogen-bond donors (Lipinski definition) is 1. The molecule has 0 bridgehead atoms. The van der Waals surface area contributed by atoms with Crippen molar-refractivity contribution in [3.8, 4) is 5.69 Å². The fourth-order valence-corrected chi connectivity index (χ4v) is 1.99. The molecule has 0 unspecified atom stereocenters. The van der Waals surface area contributed by atoms with E-state index in [1.807, 2.05) is 0 Å². The van der Waals surface area contributed by atoms with Crippen molar-refractivity contribution in [2.24, 2.45) is 7.05 Å². The molecular weight excluding hydrogens is 343 g/mol. The summed E-state index contributed by atoms with van der Waals surface area (Å²) in [5.74, 6) is -4.78. The van der Waals surface area contributed by atoms with Crippen LogP contribution in [0.25, 0.3) is 5.69 Å². The first-order valence-electron chi connectivity index (χ1n) is 6.08. The van der Waals surface area contributed by atoms with Crippen LogP contribution in [0.3, 0.4) is 0 Å². The number of aromatic nitrogens is 2. The number of aromatic carboxylic acids is 1. The van der Waals surface area contributed by atoms with Gasteiger partial charge in [0, 0.05) is 19.2 Å². The second-order valence-corrected chi connectivity index (χ2v) is 4.63. The third kappa shape index (κ3) is 2.79. The van der Waals surface area contributed by atoms with Crippen molar-refractivity contribution in [1.29, 1.82) is 0 Å². The van der Waals surface area contributed by atoms with Gasteiger partial charge in [-0.05, 0) is 6.07 Å². The molecule has 1 aromatic carbocycles. The predicted octanol–water partition coefficient (Wildman–Crippen LogP) is 1.53. The van der Waals surface area contributed by atoms with Gasteiger partial charge in [-0.25, -0.2) is 22.9 Å². The van der Waals surface area contributed by atoms with Crippen LogP contribution in [0.1, 0.15) is 16.1 Å². The van der Waals surface area contributed by atoms with Crippen molar-refractivity contribution in [3.63, 3.8) is 0 Å². The van der Waals surface area contributed by atoms with Crippen molar-refractivity contribution < 1.29 is 31.9 Å². The molecule has 0 saturated carbocycles. The highest BCUT2D eigenvalue weighted by Gasteiger charge is 2.35. The Morgan fingerprint density at radius 1 is 1.08 bits per heavy atom. The minimum Gasteiger partial charge on any atom is -0.478 e. The minimum absolute atomic E-state index is 0.0174. The molecule has 0 aliphatic rings. The van der Waals surface area contributed by atoms with Crippen LogP contribution >= 0.6 is 0 Å². The number of carboxylic acid groups (broad SMARTS) is 1. The summed E-state index contributed by atoms with van der Waals surface area (Å²) in [6.07, 6.45) is -5.01. The molecule has 1 aromatic heterocycles. The Hall–Kier alpha value is -2.98. The van der Waals surface area contributed by atoms with Crippen LogP contribution in [-0.2, 0) is 13.2 Å². The lowest BCUT2D eigenvalue weighted by atomic mass is 10.1. The molecule has 0 aliphatic carbocycles. The zero-order chi connectivity index (χ0) is 18.4. The number of nitrogens with zero attached hydrogens (tertiary/aromatic N) is 2. The van der Waals surface area contributed by atoms with Crippen LogP contribution in [0.5, 0.6) is 0 Å². The smallest absolute Gasteiger partial charge is 0.431 e. The molecule has 2 aromatic rings. The van der Waals surface area contributed by atoms with E-state index >= 15 is 0 Å². The highest BCUT2D eigenvalue weighted by molar-refractivity contribution is 5.88. The van der Waals surface area contributed by atoms with E-state index < -0.39 is 52.0 Å². The number of alkyl halides is 3. The van der Waals surface area contributed by atoms with E-state index in [4.69, 9.17) is 5.11 Å². The number of hydrogen-bond acceptors (Lipinski definition) is 3. The Kier molecular flexibility index (Phi) is 4.04. The molecule has 128 valence electrons. The van der Waals surface area contributed by atoms with Gasteiger partial charge in [0.2, 0.25) is 0 Å². The second kappa shape index (κ2) is 5.58. The monoisotopic (exact) mass is 350 g/mol. The Bertz CT molecular complexity index is 959. The van der Waals surface area contributed by atoms with Gasteiger partial charge in [0.15, 0.2) is 0 Å². The maximum atomic E-state index is 13.8. The molecule has 1 N–H and O–H groups in total. The molecule has 0 atom stereocenters.